The lowest BCUT2D eigenvalue weighted by molar-refractivity contribution is 0.0350. The highest BCUT2D eigenvalue weighted by molar-refractivity contribution is 5.94. The zero-order chi connectivity index (χ0) is 19.3. The summed E-state index contributed by atoms with van der Waals surface area (Å²) in [5.41, 5.74) is 1.86. The number of aromatic amines is 1. The number of carbonyl (C=O) groups excluding carboxylic acids is 1. The first-order valence-corrected chi connectivity index (χ1v) is 10.2. The smallest absolute Gasteiger partial charge is 0.255 e. The van der Waals surface area contributed by atoms with E-state index in [2.05, 4.69) is 19.9 Å². The maximum atomic E-state index is 12.8. The molecule has 4 heterocycles. The van der Waals surface area contributed by atoms with Crippen molar-refractivity contribution in [3.05, 3.63) is 47.8 Å². The first kappa shape index (κ1) is 19.1. The highest BCUT2D eigenvalue weighted by atomic mass is 16.5. The number of carbonyl (C=O) groups is 1. The first-order valence-electron chi connectivity index (χ1n) is 10.2. The van der Waals surface area contributed by atoms with Crippen LogP contribution in [0.4, 0.5) is 0 Å². The van der Waals surface area contributed by atoms with E-state index >= 15 is 0 Å². The lowest BCUT2D eigenvalue weighted by Gasteiger charge is -2.31. The Balaban J connectivity index is 1.32. The summed E-state index contributed by atoms with van der Waals surface area (Å²) in [5, 5.41) is 0. The third-order valence-electron chi connectivity index (χ3n) is 5.93. The van der Waals surface area contributed by atoms with E-state index in [9.17, 15) is 4.79 Å². The number of aromatic nitrogens is 3. The number of pyridine rings is 1. The Morgan fingerprint density at radius 3 is 2.86 bits per heavy atom. The Labute approximate surface area is 166 Å². The molecule has 0 bridgehead atoms. The van der Waals surface area contributed by atoms with Crippen LogP contribution in [0.15, 0.2) is 30.9 Å². The Morgan fingerprint density at radius 2 is 2.11 bits per heavy atom. The molecule has 0 aromatic carbocycles. The Bertz CT molecular complexity index is 771. The van der Waals surface area contributed by atoms with Gasteiger partial charge in [0.25, 0.3) is 5.91 Å². The lowest BCUT2D eigenvalue weighted by atomic mass is 9.98. The van der Waals surface area contributed by atoms with Gasteiger partial charge in [-0.3, -0.25) is 14.7 Å². The molecule has 0 spiro atoms. The average Bonchev–Trinajstić information content (AvgIpc) is 3.40. The van der Waals surface area contributed by atoms with Crippen LogP contribution in [0.2, 0.25) is 0 Å². The van der Waals surface area contributed by atoms with E-state index in [1.165, 1.54) is 6.42 Å². The molecule has 28 heavy (non-hydrogen) atoms. The highest BCUT2D eigenvalue weighted by Crippen LogP contribution is 2.23. The van der Waals surface area contributed by atoms with Crippen LogP contribution < -0.4 is 0 Å². The predicted octanol–water partition coefficient (Wildman–Crippen LogP) is 2.12. The molecule has 0 saturated carbocycles. The molecular weight excluding hydrogens is 354 g/mol. The first-order chi connectivity index (χ1) is 13.7. The summed E-state index contributed by atoms with van der Waals surface area (Å²) < 4.78 is 5.40. The van der Waals surface area contributed by atoms with Gasteiger partial charge in [-0.15, -0.1) is 0 Å². The van der Waals surface area contributed by atoms with Crippen LogP contribution in [-0.2, 0) is 17.7 Å². The van der Waals surface area contributed by atoms with E-state index in [4.69, 9.17) is 4.74 Å². The molecule has 2 saturated heterocycles. The number of hydrogen-bond donors (Lipinski definition) is 1. The number of ether oxygens (including phenoxy) is 1. The van der Waals surface area contributed by atoms with Gasteiger partial charge in [-0.2, -0.15) is 0 Å². The van der Waals surface area contributed by atoms with Crippen molar-refractivity contribution < 1.29 is 9.53 Å². The van der Waals surface area contributed by atoms with Gasteiger partial charge in [0.05, 0.1) is 18.2 Å². The van der Waals surface area contributed by atoms with E-state index in [0.717, 1.165) is 63.4 Å². The summed E-state index contributed by atoms with van der Waals surface area (Å²) in [5.74, 6) is 1.71. The van der Waals surface area contributed by atoms with Crippen molar-refractivity contribution in [3.8, 4) is 0 Å². The molecule has 2 aromatic rings. The maximum absolute atomic E-state index is 12.8. The number of hydrogen-bond acceptors (Lipinski definition) is 5. The zero-order valence-corrected chi connectivity index (χ0v) is 16.5. The number of imidazole rings is 1. The highest BCUT2D eigenvalue weighted by Gasteiger charge is 2.25. The monoisotopic (exact) mass is 383 g/mol. The Hall–Kier alpha value is -2.25. The Morgan fingerprint density at radius 1 is 1.25 bits per heavy atom. The van der Waals surface area contributed by atoms with Crippen LogP contribution in [0.3, 0.4) is 0 Å². The van der Waals surface area contributed by atoms with Crippen LogP contribution >= 0.6 is 0 Å². The van der Waals surface area contributed by atoms with Crippen molar-refractivity contribution in [2.75, 3.05) is 33.3 Å². The number of likely N-dealkylation sites (tertiary alicyclic amines) is 2. The SMILES string of the molecule is COC1CCN(C(=O)c2cncc(CC3CCN(Cc4ncc[nH]4)C3)c2)CC1. The topological polar surface area (TPSA) is 74.3 Å². The molecule has 2 aliphatic rings. The van der Waals surface area contributed by atoms with E-state index in [-0.39, 0.29) is 12.0 Å². The number of piperidine rings is 1. The van der Waals surface area contributed by atoms with Gasteiger partial charge in [0.1, 0.15) is 5.82 Å². The fourth-order valence-electron chi connectivity index (χ4n) is 4.35. The minimum absolute atomic E-state index is 0.0924. The molecule has 1 N–H and O–H groups in total. The molecule has 2 aliphatic heterocycles. The summed E-state index contributed by atoms with van der Waals surface area (Å²) in [6.45, 7) is 4.53. The van der Waals surface area contributed by atoms with Crippen molar-refractivity contribution in [2.45, 2.75) is 38.3 Å². The normalized spacial score (nSPS) is 21.3. The number of nitrogens with zero attached hydrogens (tertiary/aromatic N) is 4. The molecule has 150 valence electrons. The second-order valence-corrected chi connectivity index (χ2v) is 7.94. The van der Waals surface area contributed by atoms with Gasteiger partial charge in [0.2, 0.25) is 0 Å². The third kappa shape index (κ3) is 4.59. The maximum Gasteiger partial charge on any atom is 0.255 e. The van der Waals surface area contributed by atoms with Crippen molar-refractivity contribution in [1.29, 1.82) is 0 Å². The second kappa shape index (κ2) is 8.84. The zero-order valence-electron chi connectivity index (χ0n) is 16.5. The summed E-state index contributed by atoms with van der Waals surface area (Å²) in [7, 11) is 1.74. The number of H-pyrrole nitrogens is 1. The summed E-state index contributed by atoms with van der Waals surface area (Å²) in [6.07, 6.45) is 11.5. The quantitative estimate of drug-likeness (QED) is 0.827. The minimum Gasteiger partial charge on any atom is -0.381 e. The molecule has 7 heteroatoms. The molecule has 0 aliphatic carbocycles. The average molecular weight is 383 g/mol. The van der Waals surface area contributed by atoms with Gasteiger partial charge in [0, 0.05) is 51.5 Å². The minimum atomic E-state index is 0.0924. The van der Waals surface area contributed by atoms with Crippen LogP contribution in [0.25, 0.3) is 0 Å². The fraction of sp³-hybridized carbons (Fsp3) is 0.571. The van der Waals surface area contributed by atoms with E-state index in [0.29, 0.717) is 11.5 Å². The van der Waals surface area contributed by atoms with Crippen molar-refractivity contribution in [3.63, 3.8) is 0 Å². The molecule has 1 amide bonds. The van der Waals surface area contributed by atoms with Gasteiger partial charge in [-0.25, -0.2) is 4.98 Å². The van der Waals surface area contributed by atoms with Gasteiger partial charge in [-0.05, 0) is 49.8 Å². The third-order valence-corrected chi connectivity index (χ3v) is 5.93. The van der Waals surface area contributed by atoms with Gasteiger partial charge in [-0.1, -0.05) is 0 Å². The molecule has 2 fully saturated rings. The molecule has 1 unspecified atom stereocenters. The molecule has 7 nitrogen and oxygen atoms in total. The number of amides is 1. The van der Waals surface area contributed by atoms with Crippen LogP contribution in [0, 0.1) is 5.92 Å². The molecule has 1 atom stereocenters. The van der Waals surface area contributed by atoms with Gasteiger partial charge in [0.15, 0.2) is 0 Å². The standard InChI is InChI=1S/C21H29N5O2/c1-28-19-3-8-26(9-4-19)21(27)18-11-17(12-22-13-18)10-16-2-7-25(14-16)15-20-23-5-6-24-20/h5-6,11-13,16,19H,2-4,7-10,14-15H2,1H3,(H,23,24). The van der Waals surface area contributed by atoms with Crippen LogP contribution in [-0.4, -0.2) is 70.1 Å². The molecule has 2 aromatic heterocycles. The van der Waals surface area contributed by atoms with Crippen molar-refractivity contribution in [1.82, 2.24) is 24.8 Å². The van der Waals surface area contributed by atoms with Crippen LogP contribution in [0.5, 0.6) is 0 Å². The Kier molecular flexibility index (Phi) is 6.02. The summed E-state index contributed by atoms with van der Waals surface area (Å²) >= 11 is 0. The molecular formula is C21H29N5O2. The van der Waals surface area contributed by atoms with Crippen molar-refractivity contribution >= 4 is 5.91 Å². The molecule has 0 radical (unpaired) electrons. The lowest BCUT2D eigenvalue weighted by Crippen LogP contribution is -2.40. The fourth-order valence-corrected chi connectivity index (χ4v) is 4.35. The van der Waals surface area contributed by atoms with Gasteiger partial charge < -0.3 is 14.6 Å². The largest absolute Gasteiger partial charge is 0.381 e. The summed E-state index contributed by atoms with van der Waals surface area (Å²) in [4.78, 5) is 29.0. The number of methoxy groups -OCH3 is 1. The number of nitrogens with one attached hydrogen (secondary N) is 1. The van der Waals surface area contributed by atoms with Crippen molar-refractivity contribution in [2.24, 2.45) is 5.92 Å². The molecule has 4 rings (SSSR count). The van der Waals surface area contributed by atoms with Gasteiger partial charge >= 0.3 is 0 Å². The summed E-state index contributed by atoms with van der Waals surface area (Å²) in [6, 6.07) is 2.03. The predicted molar refractivity (Wildman–Crippen MR) is 106 cm³/mol. The van der Waals surface area contributed by atoms with Crippen LogP contribution in [0.1, 0.15) is 41.0 Å². The van der Waals surface area contributed by atoms with E-state index < -0.39 is 0 Å². The van der Waals surface area contributed by atoms with E-state index in [1.54, 1.807) is 19.5 Å². The second-order valence-electron chi connectivity index (χ2n) is 7.94. The van der Waals surface area contributed by atoms with E-state index in [1.807, 2.05) is 23.4 Å². The number of rotatable bonds is 6.